The van der Waals surface area contributed by atoms with Crippen LogP contribution in [0.5, 0.6) is 5.75 Å². The Kier molecular flexibility index (Phi) is 5.12. The Balaban J connectivity index is 2.05. The Hall–Kier alpha value is -3.35. The van der Waals surface area contributed by atoms with Gasteiger partial charge in [0.05, 0.1) is 31.3 Å². The van der Waals surface area contributed by atoms with Gasteiger partial charge in [-0.25, -0.2) is 4.39 Å². The maximum absolute atomic E-state index is 13.7. The Morgan fingerprint density at radius 3 is 2.74 bits per heavy atom. The summed E-state index contributed by atoms with van der Waals surface area (Å²) in [5.74, 6) is -1.51. The smallest absolute Gasteiger partial charge is 0.251 e. The lowest BCUT2D eigenvalue weighted by atomic mass is 10.1. The van der Waals surface area contributed by atoms with Gasteiger partial charge in [-0.15, -0.1) is 0 Å². The van der Waals surface area contributed by atoms with E-state index in [-0.39, 0.29) is 36.0 Å². The highest BCUT2D eigenvalue weighted by molar-refractivity contribution is 6.10. The molecule has 140 valence electrons. The number of rotatable bonds is 4. The van der Waals surface area contributed by atoms with Crippen molar-refractivity contribution in [2.24, 2.45) is 0 Å². The van der Waals surface area contributed by atoms with Gasteiger partial charge < -0.3 is 20.1 Å². The number of nitrogens with one attached hydrogen (secondary N) is 1. The maximum Gasteiger partial charge on any atom is 0.251 e. The number of halogens is 1. The van der Waals surface area contributed by atoms with Gasteiger partial charge in [0.25, 0.3) is 5.91 Å². The number of nitrogens with zero attached hydrogens (tertiary/aromatic N) is 1. The van der Waals surface area contributed by atoms with Gasteiger partial charge in [0, 0.05) is 12.6 Å². The van der Waals surface area contributed by atoms with Gasteiger partial charge in [-0.1, -0.05) is 18.2 Å². The van der Waals surface area contributed by atoms with Gasteiger partial charge in [0.15, 0.2) is 11.6 Å². The standard InChI is InChI=1S/C20H19FN2O4/c1-22-20(26)14-10-18(24)23(16-6-4-3-5-13(16)19(14)25)11-12-7-8-15(21)17(9-12)27-2/h3-9,25H,10-11H2,1-2H3,(H,22,26). The van der Waals surface area contributed by atoms with Crippen LogP contribution in [0.25, 0.3) is 5.76 Å². The van der Waals surface area contributed by atoms with Gasteiger partial charge in [-0.3, -0.25) is 9.59 Å². The number of anilines is 1. The molecule has 0 spiro atoms. The lowest BCUT2D eigenvalue weighted by Crippen LogP contribution is -2.31. The van der Waals surface area contributed by atoms with Crippen molar-refractivity contribution in [3.8, 4) is 5.75 Å². The molecule has 3 rings (SSSR count). The quantitative estimate of drug-likeness (QED) is 0.868. The Labute approximate surface area is 155 Å². The molecule has 1 aliphatic rings. The first-order chi connectivity index (χ1) is 13.0. The largest absolute Gasteiger partial charge is 0.507 e. The van der Waals surface area contributed by atoms with Crippen LogP contribution in [0.15, 0.2) is 48.0 Å². The number of carbonyl (C=O) groups is 2. The fraction of sp³-hybridized carbons (Fsp3) is 0.200. The lowest BCUT2D eigenvalue weighted by molar-refractivity contribution is -0.121. The molecule has 0 bridgehead atoms. The molecule has 2 aromatic rings. The minimum atomic E-state index is -0.513. The van der Waals surface area contributed by atoms with Gasteiger partial charge in [-0.2, -0.15) is 0 Å². The van der Waals surface area contributed by atoms with Crippen LogP contribution >= 0.6 is 0 Å². The second-order valence-electron chi connectivity index (χ2n) is 6.05. The summed E-state index contributed by atoms with van der Waals surface area (Å²) >= 11 is 0. The number of likely N-dealkylation sites (N-methyl/N-ethyl adjacent to an activating group) is 1. The molecule has 1 heterocycles. The molecule has 2 N–H and O–H groups in total. The summed E-state index contributed by atoms with van der Waals surface area (Å²) in [5.41, 5.74) is 1.52. The molecule has 2 amide bonds. The fourth-order valence-electron chi connectivity index (χ4n) is 3.03. The van der Waals surface area contributed by atoms with E-state index in [1.807, 2.05) is 0 Å². The van der Waals surface area contributed by atoms with Crippen LogP contribution in [0.4, 0.5) is 10.1 Å². The van der Waals surface area contributed by atoms with E-state index in [1.54, 1.807) is 30.3 Å². The second-order valence-corrected chi connectivity index (χ2v) is 6.05. The summed E-state index contributed by atoms with van der Waals surface area (Å²) in [7, 11) is 2.80. The number of ether oxygens (including phenoxy) is 1. The van der Waals surface area contributed by atoms with E-state index in [0.29, 0.717) is 16.8 Å². The van der Waals surface area contributed by atoms with Gasteiger partial charge in [0.1, 0.15) is 5.76 Å². The number of aliphatic hydroxyl groups excluding tert-OH is 1. The number of fused-ring (bicyclic) bond motifs is 1. The summed E-state index contributed by atoms with van der Waals surface area (Å²) in [6.45, 7) is 0.140. The number of aliphatic hydroxyl groups is 1. The fourth-order valence-corrected chi connectivity index (χ4v) is 3.03. The molecule has 0 aromatic heterocycles. The molecule has 6 nitrogen and oxygen atoms in total. The maximum atomic E-state index is 13.7. The summed E-state index contributed by atoms with van der Waals surface area (Å²) in [5, 5.41) is 13.0. The van der Waals surface area contributed by atoms with Crippen molar-refractivity contribution in [1.82, 2.24) is 5.32 Å². The molecule has 0 saturated carbocycles. The highest BCUT2D eigenvalue weighted by Gasteiger charge is 2.30. The number of benzene rings is 2. The van der Waals surface area contributed by atoms with Crippen molar-refractivity contribution < 1.29 is 23.8 Å². The zero-order valence-electron chi connectivity index (χ0n) is 15.0. The van der Waals surface area contributed by atoms with Crippen LogP contribution < -0.4 is 15.0 Å². The topological polar surface area (TPSA) is 78.9 Å². The number of methoxy groups -OCH3 is 1. The normalized spacial score (nSPS) is 13.9. The van der Waals surface area contributed by atoms with Crippen LogP contribution in [0.2, 0.25) is 0 Å². The third-order valence-corrected chi connectivity index (χ3v) is 4.42. The number of hydrogen-bond donors (Lipinski definition) is 2. The Bertz CT molecular complexity index is 939. The summed E-state index contributed by atoms with van der Waals surface area (Å²) in [6.07, 6.45) is -0.251. The molecule has 1 aliphatic heterocycles. The van der Waals surface area contributed by atoms with E-state index >= 15 is 0 Å². The van der Waals surface area contributed by atoms with Crippen LogP contribution in [0.3, 0.4) is 0 Å². The molecular formula is C20H19FN2O4. The second kappa shape index (κ2) is 7.49. The summed E-state index contributed by atoms with van der Waals surface area (Å²) < 4.78 is 18.7. The van der Waals surface area contributed by atoms with Crippen molar-refractivity contribution in [2.75, 3.05) is 19.1 Å². The van der Waals surface area contributed by atoms with Crippen molar-refractivity contribution >= 4 is 23.3 Å². The zero-order chi connectivity index (χ0) is 19.6. The molecule has 0 fully saturated rings. The highest BCUT2D eigenvalue weighted by atomic mass is 19.1. The molecule has 0 radical (unpaired) electrons. The average Bonchev–Trinajstić information content (AvgIpc) is 2.79. The van der Waals surface area contributed by atoms with Gasteiger partial charge >= 0.3 is 0 Å². The number of amides is 2. The predicted octanol–water partition coefficient (Wildman–Crippen LogP) is 2.79. The molecule has 0 atom stereocenters. The SMILES string of the molecule is CNC(=O)C1=C(O)c2ccccc2N(Cc2ccc(F)c(OC)c2)C(=O)C1. The first kappa shape index (κ1) is 18.4. The van der Waals surface area contributed by atoms with E-state index in [2.05, 4.69) is 5.32 Å². The minimum Gasteiger partial charge on any atom is -0.507 e. The van der Waals surface area contributed by atoms with E-state index < -0.39 is 11.7 Å². The van der Waals surface area contributed by atoms with E-state index in [9.17, 15) is 19.1 Å². The Morgan fingerprint density at radius 2 is 2.04 bits per heavy atom. The number of hydrogen-bond acceptors (Lipinski definition) is 4. The minimum absolute atomic E-state index is 0.00846. The third-order valence-electron chi connectivity index (χ3n) is 4.42. The predicted molar refractivity (Wildman–Crippen MR) is 98.8 cm³/mol. The van der Waals surface area contributed by atoms with Crippen molar-refractivity contribution in [2.45, 2.75) is 13.0 Å². The highest BCUT2D eigenvalue weighted by Crippen LogP contribution is 2.34. The van der Waals surface area contributed by atoms with Crippen molar-refractivity contribution in [3.05, 3.63) is 65.0 Å². The average molecular weight is 370 g/mol. The first-order valence-corrected chi connectivity index (χ1v) is 8.32. The molecule has 2 aromatic carbocycles. The first-order valence-electron chi connectivity index (χ1n) is 8.32. The molecule has 7 heteroatoms. The van der Waals surface area contributed by atoms with Crippen molar-refractivity contribution in [3.63, 3.8) is 0 Å². The van der Waals surface area contributed by atoms with Crippen molar-refractivity contribution in [1.29, 1.82) is 0 Å². The molecule has 27 heavy (non-hydrogen) atoms. The number of carbonyl (C=O) groups excluding carboxylic acids is 2. The van der Waals surface area contributed by atoms with E-state index in [1.165, 1.54) is 31.2 Å². The molecule has 0 saturated heterocycles. The zero-order valence-corrected chi connectivity index (χ0v) is 15.0. The van der Waals surface area contributed by atoms with Crippen LogP contribution in [0.1, 0.15) is 17.5 Å². The molecule has 0 aliphatic carbocycles. The van der Waals surface area contributed by atoms with Crippen LogP contribution in [-0.4, -0.2) is 31.1 Å². The van der Waals surface area contributed by atoms with E-state index in [0.717, 1.165) is 0 Å². The lowest BCUT2D eigenvalue weighted by Gasteiger charge is -2.23. The molecule has 0 unspecified atom stereocenters. The monoisotopic (exact) mass is 370 g/mol. The summed E-state index contributed by atoms with van der Waals surface area (Å²) in [6, 6.07) is 11.1. The van der Waals surface area contributed by atoms with Gasteiger partial charge in [0.2, 0.25) is 5.91 Å². The van der Waals surface area contributed by atoms with Crippen LogP contribution in [-0.2, 0) is 16.1 Å². The molecular weight excluding hydrogens is 351 g/mol. The number of para-hydroxylation sites is 1. The Morgan fingerprint density at radius 1 is 1.30 bits per heavy atom. The van der Waals surface area contributed by atoms with Gasteiger partial charge in [-0.05, 0) is 29.8 Å². The van der Waals surface area contributed by atoms with E-state index in [4.69, 9.17) is 4.74 Å². The van der Waals surface area contributed by atoms with Crippen LogP contribution in [0, 0.1) is 5.82 Å². The summed E-state index contributed by atoms with van der Waals surface area (Å²) in [4.78, 5) is 26.5. The third kappa shape index (κ3) is 3.48.